The maximum absolute atomic E-state index is 13.2. The minimum Gasteiger partial charge on any atom is -0.195 e. The molecule has 4 nitrogen and oxygen atoms in total. The van der Waals surface area contributed by atoms with Gasteiger partial charge in [-0.05, 0) is 55.3 Å². The second-order valence-corrected chi connectivity index (χ2v) is 9.77. The van der Waals surface area contributed by atoms with Crippen LogP contribution < -0.4 is 0 Å². The molecule has 1 aliphatic rings. The molecule has 1 atom stereocenters. The molecule has 2 aromatic rings. The molecule has 0 spiro atoms. The highest BCUT2D eigenvalue weighted by molar-refractivity contribution is 7.86. The van der Waals surface area contributed by atoms with Crippen molar-refractivity contribution in [1.82, 2.24) is 8.61 Å². The molecule has 0 radical (unpaired) electrons. The maximum atomic E-state index is 13.2. The number of rotatable bonds is 7. The van der Waals surface area contributed by atoms with Crippen molar-refractivity contribution in [3.05, 3.63) is 57.2 Å². The van der Waals surface area contributed by atoms with Crippen molar-refractivity contribution >= 4 is 33.1 Å². The molecule has 0 bridgehead atoms. The molecule has 1 saturated heterocycles. The van der Waals surface area contributed by atoms with Crippen LogP contribution >= 0.6 is 22.9 Å². The van der Waals surface area contributed by atoms with Crippen LogP contribution in [0.2, 0.25) is 5.02 Å². The largest absolute Gasteiger partial charge is 0.282 e. The Kier molecular flexibility index (Phi) is 6.17. The van der Waals surface area contributed by atoms with Crippen LogP contribution in [0, 0.1) is 0 Å². The highest BCUT2D eigenvalue weighted by Gasteiger charge is 2.34. The Morgan fingerprint density at radius 3 is 2.48 bits per heavy atom. The normalized spacial score (nSPS) is 17.2. The van der Waals surface area contributed by atoms with Gasteiger partial charge in [-0.1, -0.05) is 29.8 Å². The second-order valence-electron chi connectivity index (χ2n) is 6.42. The SMILES string of the molecule is CC(Cc1cccs1)N(Cc1ccc(Cl)cc1)S(=O)(=O)N1CCCC1. The fraction of sp³-hybridized carbons (Fsp3) is 0.444. The van der Waals surface area contributed by atoms with Crippen molar-refractivity contribution in [3.8, 4) is 0 Å². The quantitative estimate of drug-likeness (QED) is 0.702. The molecular formula is C18H23ClN2O2S2. The Labute approximate surface area is 159 Å². The van der Waals surface area contributed by atoms with Gasteiger partial charge in [-0.25, -0.2) is 0 Å². The Bertz CT molecular complexity index is 770. The summed E-state index contributed by atoms with van der Waals surface area (Å²) in [6.07, 6.45) is 2.60. The molecule has 0 saturated carbocycles. The van der Waals surface area contributed by atoms with E-state index in [-0.39, 0.29) is 6.04 Å². The molecule has 1 aliphatic heterocycles. The molecule has 3 rings (SSSR count). The summed E-state index contributed by atoms with van der Waals surface area (Å²) in [6, 6.07) is 11.4. The van der Waals surface area contributed by atoms with Crippen LogP contribution in [0.4, 0.5) is 0 Å². The van der Waals surface area contributed by atoms with Crippen LogP contribution in [-0.2, 0) is 23.2 Å². The smallest absolute Gasteiger partial charge is 0.195 e. The van der Waals surface area contributed by atoms with E-state index in [2.05, 4.69) is 6.07 Å². The van der Waals surface area contributed by atoms with Crippen LogP contribution in [0.3, 0.4) is 0 Å². The van der Waals surface area contributed by atoms with Gasteiger partial charge in [0.15, 0.2) is 0 Å². The first-order valence-electron chi connectivity index (χ1n) is 8.50. The topological polar surface area (TPSA) is 40.6 Å². The predicted octanol–water partition coefficient (Wildman–Crippen LogP) is 4.18. The first-order valence-corrected chi connectivity index (χ1v) is 11.2. The van der Waals surface area contributed by atoms with Crippen molar-refractivity contribution in [2.45, 2.75) is 38.8 Å². The third-order valence-corrected chi connectivity index (χ3v) is 7.76. The van der Waals surface area contributed by atoms with E-state index in [1.807, 2.05) is 42.6 Å². The van der Waals surface area contributed by atoms with Crippen molar-refractivity contribution in [1.29, 1.82) is 0 Å². The highest BCUT2D eigenvalue weighted by atomic mass is 35.5. The van der Waals surface area contributed by atoms with Gasteiger partial charge in [-0.15, -0.1) is 11.3 Å². The van der Waals surface area contributed by atoms with Crippen LogP contribution in [-0.4, -0.2) is 36.2 Å². The van der Waals surface area contributed by atoms with Gasteiger partial charge in [-0.3, -0.25) is 0 Å². The lowest BCUT2D eigenvalue weighted by atomic mass is 10.1. The van der Waals surface area contributed by atoms with Gasteiger partial charge in [0.2, 0.25) is 0 Å². The monoisotopic (exact) mass is 398 g/mol. The van der Waals surface area contributed by atoms with E-state index < -0.39 is 10.2 Å². The molecule has 25 heavy (non-hydrogen) atoms. The van der Waals surface area contributed by atoms with Gasteiger partial charge in [0, 0.05) is 35.6 Å². The van der Waals surface area contributed by atoms with E-state index in [4.69, 9.17) is 11.6 Å². The zero-order chi connectivity index (χ0) is 17.9. The summed E-state index contributed by atoms with van der Waals surface area (Å²) in [5.74, 6) is 0. The summed E-state index contributed by atoms with van der Waals surface area (Å²) in [4.78, 5) is 1.20. The van der Waals surface area contributed by atoms with E-state index in [0.29, 0.717) is 24.7 Å². The highest BCUT2D eigenvalue weighted by Crippen LogP contribution is 2.24. The summed E-state index contributed by atoms with van der Waals surface area (Å²) in [5.41, 5.74) is 0.949. The number of thiophene rings is 1. The summed E-state index contributed by atoms with van der Waals surface area (Å²) >= 11 is 7.63. The third-order valence-electron chi connectivity index (χ3n) is 4.51. The zero-order valence-electron chi connectivity index (χ0n) is 14.3. The van der Waals surface area contributed by atoms with Gasteiger partial charge in [0.25, 0.3) is 10.2 Å². The molecule has 0 amide bonds. The Morgan fingerprint density at radius 2 is 1.88 bits per heavy atom. The average molecular weight is 399 g/mol. The van der Waals surface area contributed by atoms with Crippen LogP contribution in [0.15, 0.2) is 41.8 Å². The summed E-state index contributed by atoms with van der Waals surface area (Å²) in [7, 11) is -3.47. The molecule has 1 aromatic carbocycles. The standard InChI is InChI=1S/C18H23ClN2O2S2/c1-15(13-18-5-4-12-24-18)21(14-16-6-8-17(19)9-7-16)25(22,23)20-10-2-3-11-20/h4-9,12,15H,2-3,10-11,13-14H2,1H3. The van der Waals surface area contributed by atoms with E-state index in [0.717, 1.165) is 24.8 Å². The lowest BCUT2D eigenvalue weighted by Gasteiger charge is -2.32. The van der Waals surface area contributed by atoms with Gasteiger partial charge in [0.1, 0.15) is 0 Å². The fourth-order valence-corrected chi connectivity index (χ4v) is 5.93. The molecular weight excluding hydrogens is 376 g/mol. The molecule has 0 N–H and O–H groups in total. The number of nitrogens with zero attached hydrogens (tertiary/aromatic N) is 2. The fourth-order valence-electron chi connectivity index (χ4n) is 3.12. The molecule has 0 aliphatic carbocycles. The van der Waals surface area contributed by atoms with E-state index in [1.54, 1.807) is 19.9 Å². The molecule has 1 fully saturated rings. The Balaban J connectivity index is 1.85. The zero-order valence-corrected chi connectivity index (χ0v) is 16.7. The lowest BCUT2D eigenvalue weighted by Crippen LogP contribution is -2.47. The van der Waals surface area contributed by atoms with E-state index in [9.17, 15) is 8.42 Å². The number of benzene rings is 1. The number of hydrogen-bond donors (Lipinski definition) is 0. The summed E-state index contributed by atoms with van der Waals surface area (Å²) in [5, 5.41) is 2.69. The van der Waals surface area contributed by atoms with Crippen LogP contribution in [0.5, 0.6) is 0 Å². The lowest BCUT2D eigenvalue weighted by molar-refractivity contribution is 0.298. The molecule has 7 heteroatoms. The van der Waals surface area contributed by atoms with E-state index >= 15 is 0 Å². The van der Waals surface area contributed by atoms with Crippen molar-refractivity contribution in [2.24, 2.45) is 0 Å². The maximum Gasteiger partial charge on any atom is 0.282 e. The van der Waals surface area contributed by atoms with Crippen LogP contribution in [0.1, 0.15) is 30.2 Å². The van der Waals surface area contributed by atoms with Gasteiger partial charge in [-0.2, -0.15) is 17.0 Å². The molecule has 1 aromatic heterocycles. The minimum atomic E-state index is -3.47. The second kappa shape index (κ2) is 8.18. The molecule has 136 valence electrons. The van der Waals surface area contributed by atoms with Gasteiger partial charge >= 0.3 is 0 Å². The minimum absolute atomic E-state index is 0.111. The Hall–Kier alpha value is -0.920. The number of halogens is 1. The van der Waals surface area contributed by atoms with Crippen molar-refractivity contribution < 1.29 is 8.42 Å². The molecule has 1 unspecified atom stereocenters. The van der Waals surface area contributed by atoms with Gasteiger partial charge in [0.05, 0.1) is 0 Å². The number of hydrogen-bond acceptors (Lipinski definition) is 3. The third kappa shape index (κ3) is 4.63. The first kappa shape index (κ1) is 18.9. The van der Waals surface area contributed by atoms with Crippen molar-refractivity contribution in [2.75, 3.05) is 13.1 Å². The predicted molar refractivity (Wildman–Crippen MR) is 104 cm³/mol. The Morgan fingerprint density at radius 1 is 1.20 bits per heavy atom. The van der Waals surface area contributed by atoms with Crippen molar-refractivity contribution in [3.63, 3.8) is 0 Å². The first-order chi connectivity index (χ1) is 12.0. The summed E-state index contributed by atoms with van der Waals surface area (Å²) in [6.45, 7) is 3.59. The summed E-state index contributed by atoms with van der Waals surface area (Å²) < 4.78 is 29.7. The average Bonchev–Trinajstić information content (AvgIpc) is 3.27. The van der Waals surface area contributed by atoms with Gasteiger partial charge < -0.3 is 0 Å². The van der Waals surface area contributed by atoms with Crippen LogP contribution in [0.25, 0.3) is 0 Å². The molecule has 2 heterocycles. The van der Waals surface area contributed by atoms with E-state index in [1.165, 1.54) is 4.88 Å².